The zero-order valence-corrected chi connectivity index (χ0v) is 8.14. The molecule has 0 saturated carbocycles. The minimum Gasteiger partial charge on any atom is -0.166 e. The normalized spacial score (nSPS) is 11.7. The molecule has 0 spiro atoms. The SMILES string of the molecule is FC(F)(F)c1cccc(-c2cnns2)c1. The number of aromatic nitrogens is 2. The fourth-order valence-corrected chi connectivity index (χ4v) is 1.65. The number of benzene rings is 1. The van der Waals surface area contributed by atoms with Gasteiger partial charge in [-0.2, -0.15) is 13.2 Å². The highest BCUT2D eigenvalue weighted by molar-refractivity contribution is 7.09. The summed E-state index contributed by atoms with van der Waals surface area (Å²) in [4.78, 5) is 0.626. The van der Waals surface area contributed by atoms with E-state index < -0.39 is 11.7 Å². The van der Waals surface area contributed by atoms with Crippen LogP contribution >= 0.6 is 11.5 Å². The van der Waals surface area contributed by atoms with Crippen LogP contribution in [0.15, 0.2) is 30.5 Å². The molecular weight excluding hydrogens is 225 g/mol. The summed E-state index contributed by atoms with van der Waals surface area (Å²) in [6, 6.07) is 5.11. The summed E-state index contributed by atoms with van der Waals surface area (Å²) in [6.45, 7) is 0. The van der Waals surface area contributed by atoms with E-state index in [9.17, 15) is 13.2 Å². The lowest BCUT2D eigenvalue weighted by Crippen LogP contribution is -2.04. The summed E-state index contributed by atoms with van der Waals surface area (Å²) in [5, 5.41) is 3.58. The molecule has 1 heterocycles. The lowest BCUT2D eigenvalue weighted by Gasteiger charge is -2.06. The molecule has 0 radical (unpaired) electrons. The Hall–Kier alpha value is -1.43. The van der Waals surface area contributed by atoms with Crippen LogP contribution in [0.3, 0.4) is 0 Å². The van der Waals surface area contributed by atoms with Crippen LogP contribution in [0.4, 0.5) is 13.2 Å². The van der Waals surface area contributed by atoms with E-state index in [2.05, 4.69) is 9.59 Å². The van der Waals surface area contributed by atoms with Crippen LogP contribution in [0, 0.1) is 0 Å². The smallest absolute Gasteiger partial charge is 0.166 e. The van der Waals surface area contributed by atoms with E-state index in [-0.39, 0.29) is 0 Å². The molecule has 6 heteroatoms. The van der Waals surface area contributed by atoms with E-state index in [1.807, 2.05) is 0 Å². The van der Waals surface area contributed by atoms with Gasteiger partial charge in [0, 0.05) is 0 Å². The Labute approximate surface area is 87.5 Å². The average molecular weight is 230 g/mol. The molecule has 0 saturated heterocycles. The summed E-state index contributed by atoms with van der Waals surface area (Å²) in [5.74, 6) is 0. The van der Waals surface area contributed by atoms with Crippen molar-refractivity contribution in [1.82, 2.24) is 9.59 Å². The van der Waals surface area contributed by atoms with Gasteiger partial charge in [-0.3, -0.25) is 0 Å². The average Bonchev–Trinajstić information content (AvgIpc) is 2.69. The standard InChI is InChI=1S/C9H5F3N2S/c10-9(11,12)7-3-1-2-6(4-7)8-5-13-14-15-8/h1-5H. The number of halogens is 3. The van der Waals surface area contributed by atoms with Gasteiger partial charge in [0.25, 0.3) is 0 Å². The van der Waals surface area contributed by atoms with Crippen LogP contribution in [0.1, 0.15) is 5.56 Å². The van der Waals surface area contributed by atoms with Crippen molar-refractivity contribution >= 4 is 11.5 Å². The van der Waals surface area contributed by atoms with Crippen molar-refractivity contribution in [2.24, 2.45) is 0 Å². The van der Waals surface area contributed by atoms with Gasteiger partial charge >= 0.3 is 6.18 Å². The number of rotatable bonds is 1. The van der Waals surface area contributed by atoms with Crippen molar-refractivity contribution in [2.45, 2.75) is 6.18 Å². The third-order valence-electron chi connectivity index (χ3n) is 1.84. The van der Waals surface area contributed by atoms with Crippen molar-refractivity contribution in [2.75, 3.05) is 0 Å². The Morgan fingerprint density at radius 1 is 1.20 bits per heavy atom. The van der Waals surface area contributed by atoms with Gasteiger partial charge < -0.3 is 0 Å². The van der Waals surface area contributed by atoms with Gasteiger partial charge in [-0.25, -0.2) is 0 Å². The molecule has 0 aliphatic rings. The van der Waals surface area contributed by atoms with Gasteiger partial charge in [-0.15, -0.1) is 5.10 Å². The molecule has 2 nitrogen and oxygen atoms in total. The van der Waals surface area contributed by atoms with Crippen LogP contribution in [0.2, 0.25) is 0 Å². The number of hydrogen-bond donors (Lipinski definition) is 0. The molecule has 2 aromatic rings. The first-order chi connectivity index (χ1) is 7.07. The van der Waals surface area contributed by atoms with Gasteiger partial charge in [0.2, 0.25) is 0 Å². The Balaban J connectivity index is 2.44. The van der Waals surface area contributed by atoms with Gasteiger partial charge in [0.1, 0.15) is 0 Å². The van der Waals surface area contributed by atoms with Gasteiger partial charge in [-0.05, 0) is 29.2 Å². The fourth-order valence-electron chi connectivity index (χ4n) is 1.14. The highest BCUT2D eigenvalue weighted by atomic mass is 32.1. The van der Waals surface area contributed by atoms with Crippen molar-refractivity contribution in [1.29, 1.82) is 0 Å². The van der Waals surface area contributed by atoms with Crippen molar-refractivity contribution in [3.63, 3.8) is 0 Å². The largest absolute Gasteiger partial charge is 0.416 e. The molecule has 0 aliphatic carbocycles. The highest BCUT2D eigenvalue weighted by Gasteiger charge is 2.30. The van der Waals surface area contributed by atoms with Crippen LogP contribution in [-0.4, -0.2) is 9.59 Å². The highest BCUT2D eigenvalue weighted by Crippen LogP contribution is 2.32. The second-order valence-corrected chi connectivity index (χ2v) is 3.65. The van der Waals surface area contributed by atoms with Gasteiger partial charge in [-0.1, -0.05) is 16.6 Å². The molecule has 1 aromatic carbocycles. The summed E-state index contributed by atoms with van der Waals surface area (Å²) < 4.78 is 40.7. The van der Waals surface area contributed by atoms with E-state index in [0.29, 0.717) is 10.4 Å². The molecule has 0 bridgehead atoms. The van der Waals surface area contributed by atoms with Gasteiger partial charge in [0.15, 0.2) is 0 Å². The molecule has 2 rings (SSSR count). The number of nitrogens with zero attached hydrogens (tertiary/aromatic N) is 2. The van der Waals surface area contributed by atoms with Gasteiger partial charge in [0.05, 0.1) is 16.6 Å². The number of hydrogen-bond acceptors (Lipinski definition) is 3. The molecule has 0 amide bonds. The quantitative estimate of drug-likeness (QED) is 0.751. The summed E-state index contributed by atoms with van der Waals surface area (Å²) in [7, 11) is 0. The minimum atomic E-state index is -4.31. The Bertz CT molecular complexity index is 451. The first-order valence-electron chi connectivity index (χ1n) is 4.02. The van der Waals surface area contributed by atoms with E-state index in [0.717, 1.165) is 23.7 Å². The molecule has 0 N–H and O–H groups in total. The van der Waals surface area contributed by atoms with E-state index >= 15 is 0 Å². The van der Waals surface area contributed by atoms with Crippen molar-refractivity contribution in [3.8, 4) is 10.4 Å². The van der Waals surface area contributed by atoms with E-state index in [4.69, 9.17) is 0 Å². The third kappa shape index (κ3) is 2.15. The van der Waals surface area contributed by atoms with Crippen LogP contribution in [0.5, 0.6) is 0 Å². The number of alkyl halides is 3. The predicted octanol–water partition coefficient (Wildman–Crippen LogP) is 3.22. The maximum absolute atomic E-state index is 12.4. The first-order valence-corrected chi connectivity index (χ1v) is 4.80. The predicted molar refractivity (Wildman–Crippen MR) is 50.3 cm³/mol. The zero-order valence-electron chi connectivity index (χ0n) is 7.32. The van der Waals surface area contributed by atoms with Crippen LogP contribution in [-0.2, 0) is 6.18 Å². The Kier molecular flexibility index (Phi) is 2.44. The monoisotopic (exact) mass is 230 g/mol. The molecule has 0 unspecified atom stereocenters. The Morgan fingerprint density at radius 3 is 2.60 bits per heavy atom. The zero-order chi connectivity index (χ0) is 10.9. The summed E-state index contributed by atoms with van der Waals surface area (Å²) >= 11 is 1.07. The lowest BCUT2D eigenvalue weighted by atomic mass is 10.1. The second-order valence-electron chi connectivity index (χ2n) is 2.86. The van der Waals surface area contributed by atoms with Crippen LogP contribution in [0.25, 0.3) is 10.4 Å². The second kappa shape index (κ2) is 3.62. The maximum Gasteiger partial charge on any atom is 0.416 e. The summed E-state index contributed by atoms with van der Waals surface area (Å²) in [6.07, 6.45) is -2.87. The molecule has 1 aromatic heterocycles. The van der Waals surface area contributed by atoms with Crippen molar-refractivity contribution < 1.29 is 13.2 Å². The molecule has 15 heavy (non-hydrogen) atoms. The van der Waals surface area contributed by atoms with Crippen molar-refractivity contribution in [3.05, 3.63) is 36.0 Å². The molecule has 0 aliphatic heterocycles. The third-order valence-corrected chi connectivity index (χ3v) is 2.55. The minimum absolute atomic E-state index is 0.486. The first kappa shape index (κ1) is 10.1. The summed E-state index contributed by atoms with van der Waals surface area (Å²) in [5.41, 5.74) is -0.173. The lowest BCUT2D eigenvalue weighted by molar-refractivity contribution is -0.137. The molecule has 78 valence electrons. The topological polar surface area (TPSA) is 25.8 Å². The molecule has 0 atom stereocenters. The van der Waals surface area contributed by atoms with E-state index in [1.54, 1.807) is 6.07 Å². The fraction of sp³-hybridized carbons (Fsp3) is 0.111. The molecule has 0 fully saturated rings. The maximum atomic E-state index is 12.4. The van der Waals surface area contributed by atoms with E-state index in [1.165, 1.54) is 12.3 Å². The molecular formula is C9H5F3N2S. The Morgan fingerprint density at radius 2 is 2.00 bits per heavy atom. The van der Waals surface area contributed by atoms with Crippen LogP contribution < -0.4 is 0 Å².